The van der Waals surface area contributed by atoms with E-state index in [-0.39, 0.29) is 12.1 Å². The van der Waals surface area contributed by atoms with Crippen LogP contribution in [-0.4, -0.2) is 33.6 Å². The lowest BCUT2D eigenvalue weighted by molar-refractivity contribution is 0.191. The van der Waals surface area contributed by atoms with Crippen LogP contribution >= 0.6 is 11.8 Å². The van der Waals surface area contributed by atoms with Gasteiger partial charge in [0.05, 0.1) is 12.1 Å². The van der Waals surface area contributed by atoms with Crippen LogP contribution < -0.4 is 5.32 Å². The highest BCUT2D eigenvalue weighted by atomic mass is 32.2. The number of β-amino-alcohol motifs (C(OH)–C–C–N with tert-alkyl or cyclic N) is 1. The van der Waals surface area contributed by atoms with Crippen LogP contribution in [0.1, 0.15) is 25.3 Å². The molecule has 0 saturated carbocycles. The van der Waals surface area contributed by atoms with Crippen molar-refractivity contribution in [1.29, 1.82) is 0 Å². The number of aliphatic hydroxyl groups excluding tert-OH is 1. The lowest BCUT2D eigenvalue weighted by Gasteiger charge is -2.01. The maximum atomic E-state index is 9.51. The minimum atomic E-state index is -0.333. The molecule has 2 heterocycles. The molecule has 106 valence electrons. The van der Waals surface area contributed by atoms with E-state index in [0.717, 1.165) is 11.3 Å². The second-order valence-electron chi connectivity index (χ2n) is 4.76. The topological polar surface area (TPSA) is 71.2 Å². The van der Waals surface area contributed by atoms with Crippen molar-refractivity contribution in [3.8, 4) is 11.4 Å². The molecule has 6 heteroatoms. The number of hydrogen-bond donors (Lipinski definition) is 2. The van der Waals surface area contributed by atoms with Crippen LogP contribution in [0.5, 0.6) is 0 Å². The van der Waals surface area contributed by atoms with E-state index < -0.39 is 0 Å². The van der Waals surface area contributed by atoms with Gasteiger partial charge >= 0.3 is 0 Å². The molecule has 2 atom stereocenters. The Morgan fingerprint density at radius 1 is 1.40 bits per heavy atom. The first kappa shape index (κ1) is 13.6. The van der Waals surface area contributed by atoms with Crippen molar-refractivity contribution < 1.29 is 9.63 Å². The number of aromatic nitrogens is 2. The van der Waals surface area contributed by atoms with E-state index in [1.165, 1.54) is 4.90 Å². The zero-order chi connectivity index (χ0) is 13.9. The van der Waals surface area contributed by atoms with Crippen molar-refractivity contribution in [2.45, 2.75) is 30.4 Å². The van der Waals surface area contributed by atoms with Gasteiger partial charge in [0.1, 0.15) is 0 Å². The van der Waals surface area contributed by atoms with Gasteiger partial charge in [-0.2, -0.15) is 4.98 Å². The van der Waals surface area contributed by atoms with Gasteiger partial charge in [-0.1, -0.05) is 12.1 Å². The highest BCUT2D eigenvalue weighted by molar-refractivity contribution is 7.99. The maximum absolute atomic E-state index is 9.51. The van der Waals surface area contributed by atoms with Gasteiger partial charge in [0.25, 0.3) is 0 Å². The molecule has 1 aliphatic heterocycles. The van der Waals surface area contributed by atoms with E-state index >= 15 is 0 Å². The molecular formula is C14H17N3O2S. The molecule has 0 aliphatic carbocycles. The molecular weight excluding hydrogens is 274 g/mol. The number of nitrogens with zero attached hydrogens (tertiary/aromatic N) is 2. The molecule has 1 aromatic heterocycles. The molecule has 0 bridgehead atoms. The summed E-state index contributed by atoms with van der Waals surface area (Å²) in [4.78, 5) is 5.65. The summed E-state index contributed by atoms with van der Waals surface area (Å²) in [5, 5.41) is 16.7. The fraction of sp³-hybridized carbons (Fsp3) is 0.429. The number of rotatable bonds is 4. The summed E-state index contributed by atoms with van der Waals surface area (Å²) in [7, 11) is 0. The van der Waals surface area contributed by atoms with Crippen LogP contribution in [0.2, 0.25) is 0 Å². The molecule has 3 rings (SSSR count). The van der Waals surface area contributed by atoms with Crippen LogP contribution in [0.4, 0.5) is 0 Å². The Hall–Kier alpha value is -1.37. The highest BCUT2D eigenvalue weighted by Crippen LogP contribution is 2.26. The standard InChI is InChI=1S/C14H17N3O2S/c1-2-20-11-5-3-9(4-6-11)13-16-14(19-17-13)12-7-10(18)8-15-12/h3-6,10,12,15,18H,2,7-8H2,1H3/t10-,12-/m1/s1. The van der Waals surface area contributed by atoms with Crippen LogP contribution in [0.25, 0.3) is 11.4 Å². The van der Waals surface area contributed by atoms with Crippen molar-refractivity contribution in [1.82, 2.24) is 15.5 Å². The SMILES string of the molecule is CCSc1ccc(-c2noc([C@H]3C[C@@H](O)CN3)n2)cc1. The zero-order valence-corrected chi connectivity index (χ0v) is 12.1. The number of nitrogens with one attached hydrogen (secondary N) is 1. The second-order valence-corrected chi connectivity index (χ2v) is 6.10. The number of hydrogen-bond acceptors (Lipinski definition) is 6. The van der Waals surface area contributed by atoms with Crippen molar-refractivity contribution in [3.63, 3.8) is 0 Å². The Labute approximate surface area is 121 Å². The van der Waals surface area contributed by atoms with Gasteiger partial charge < -0.3 is 14.9 Å². The Bertz CT molecular complexity index is 570. The minimum Gasteiger partial charge on any atom is -0.392 e. The van der Waals surface area contributed by atoms with Gasteiger partial charge in [-0.25, -0.2) is 0 Å². The predicted octanol–water partition coefficient (Wildman–Crippen LogP) is 2.24. The van der Waals surface area contributed by atoms with Gasteiger partial charge in [0.15, 0.2) is 0 Å². The number of thioether (sulfide) groups is 1. The molecule has 5 nitrogen and oxygen atoms in total. The molecule has 2 aromatic rings. The minimum absolute atomic E-state index is 0.0406. The van der Waals surface area contributed by atoms with Crippen molar-refractivity contribution >= 4 is 11.8 Å². The normalized spacial score (nSPS) is 22.3. The van der Waals surface area contributed by atoms with Gasteiger partial charge in [-0.3, -0.25) is 0 Å². The second kappa shape index (κ2) is 5.95. The third-order valence-corrected chi connectivity index (χ3v) is 4.17. The first-order valence-electron chi connectivity index (χ1n) is 6.74. The fourth-order valence-electron chi connectivity index (χ4n) is 2.27. The van der Waals surface area contributed by atoms with Crippen molar-refractivity contribution in [2.24, 2.45) is 0 Å². The predicted molar refractivity (Wildman–Crippen MR) is 77.5 cm³/mol. The van der Waals surface area contributed by atoms with E-state index in [1.807, 2.05) is 12.1 Å². The van der Waals surface area contributed by atoms with Crippen LogP contribution in [-0.2, 0) is 0 Å². The molecule has 0 unspecified atom stereocenters. The van der Waals surface area contributed by atoms with Crippen LogP contribution in [0, 0.1) is 0 Å². The first-order chi connectivity index (χ1) is 9.76. The van der Waals surface area contributed by atoms with Crippen molar-refractivity contribution in [2.75, 3.05) is 12.3 Å². The molecule has 1 aromatic carbocycles. The third-order valence-electron chi connectivity index (χ3n) is 3.27. The van der Waals surface area contributed by atoms with Gasteiger partial charge in [0.2, 0.25) is 11.7 Å². The largest absolute Gasteiger partial charge is 0.392 e. The Morgan fingerprint density at radius 2 is 2.20 bits per heavy atom. The molecule has 1 saturated heterocycles. The Balaban J connectivity index is 1.76. The lowest BCUT2D eigenvalue weighted by Crippen LogP contribution is -2.15. The summed E-state index contributed by atoms with van der Waals surface area (Å²) in [5.41, 5.74) is 0.944. The fourth-order valence-corrected chi connectivity index (χ4v) is 2.93. The zero-order valence-electron chi connectivity index (χ0n) is 11.2. The average Bonchev–Trinajstić information content (AvgIpc) is 3.09. The Kier molecular flexibility index (Phi) is 4.05. The van der Waals surface area contributed by atoms with Gasteiger partial charge in [-0.05, 0) is 36.4 Å². The Morgan fingerprint density at radius 3 is 2.85 bits per heavy atom. The van der Waals surface area contributed by atoms with Gasteiger partial charge in [0, 0.05) is 17.0 Å². The smallest absolute Gasteiger partial charge is 0.244 e. The van der Waals surface area contributed by atoms with E-state index in [9.17, 15) is 5.11 Å². The van der Waals surface area contributed by atoms with E-state index in [4.69, 9.17) is 4.52 Å². The summed E-state index contributed by atoms with van der Waals surface area (Å²) in [6, 6.07) is 8.10. The summed E-state index contributed by atoms with van der Waals surface area (Å²) < 4.78 is 5.29. The molecule has 0 amide bonds. The molecule has 1 fully saturated rings. The monoisotopic (exact) mass is 291 g/mol. The molecule has 0 spiro atoms. The van der Waals surface area contributed by atoms with Gasteiger partial charge in [-0.15, -0.1) is 11.8 Å². The number of aliphatic hydroxyl groups is 1. The molecule has 2 N–H and O–H groups in total. The molecule has 1 aliphatic rings. The maximum Gasteiger partial charge on any atom is 0.244 e. The molecule has 20 heavy (non-hydrogen) atoms. The number of benzene rings is 1. The summed E-state index contributed by atoms with van der Waals surface area (Å²) in [6.45, 7) is 2.71. The quantitative estimate of drug-likeness (QED) is 0.842. The average molecular weight is 291 g/mol. The summed E-state index contributed by atoms with van der Waals surface area (Å²) in [5.74, 6) is 2.20. The molecule has 0 radical (unpaired) electrons. The lowest BCUT2D eigenvalue weighted by atomic mass is 10.2. The van der Waals surface area contributed by atoms with Crippen LogP contribution in [0.15, 0.2) is 33.7 Å². The first-order valence-corrected chi connectivity index (χ1v) is 7.73. The summed E-state index contributed by atoms with van der Waals surface area (Å²) >= 11 is 1.80. The van der Waals surface area contributed by atoms with E-state index in [0.29, 0.717) is 24.7 Å². The van der Waals surface area contributed by atoms with Crippen molar-refractivity contribution in [3.05, 3.63) is 30.2 Å². The highest BCUT2D eigenvalue weighted by Gasteiger charge is 2.28. The third kappa shape index (κ3) is 2.87. The van der Waals surface area contributed by atoms with E-state index in [2.05, 4.69) is 34.5 Å². The summed E-state index contributed by atoms with van der Waals surface area (Å²) in [6.07, 6.45) is 0.286. The van der Waals surface area contributed by atoms with Crippen LogP contribution in [0.3, 0.4) is 0 Å². The van der Waals surface area contributed by atoms with E-state index in [1.54, 1.807) is 11.8 Å².